The Bertz CT molecular complexity index is 759. The average molecular weight is 363 g/mol. The molecule has 0 aliphatic carbocycles. The molecule has 0 bridgehead atoms. The van der Waals surface area contributed by atoms with E-state index in [2.05, 4.69) is 10.6 Å². The second-order valence-corrected chi connectivity index (χ2v) is 6.07. The van der Waals surface area contributed by atoms with Crippen LogP contribution in [-0.2, 0) is 4.79 Å². The van der Waals surface area contributed by atoms with Crippen molar-refractivity contribution in [2.24, 2.45) is 5.92 Å². The van der Waals surface area contributed by atoms with E-state index in [-0.39, 0.29) is 22.8 Å². The first kappa shape index (κ1) is 18.9. The smallest absolute Gasteiger partial charge is 0.255 e. The minimum atomic E-state index is -0.544. The Morgan fingerprint density at radius 2 is 1.60 bits per heavy atom. The molecule has 0 aromatic heterocycles. The van der Waals surface area contributed by atoms with Crippen molar-refractivity contribution in [1.82, 2.24) is 0 Å². The minimum Gasteiger partial charge on any atom is -0.326 e. The van der Waals surface area contributed by atoms with E-state index in [9.17, 15) is 14.0 Å². The number of amides is 2. The van der Waals surface area contributed by atoms with Crippen LogP contribution in [0.3, 0.4) is 0 Å². The second-order valence-electron chi connectivity index (χ2n) is 5.66. The van der Waals surface area contributed by atoms with Gasteiger partial charge in [0.05, 0.1) is 5.02 Å². The fraction of sp³-hybridized carbons (Fsp3) is 0.263. The second kappa shape index (κ2) is 8.62. The zero-order chi connectivity index (χ0) is 18.4. The number of hydrogen-bond donors (Lipinski definition) is 2. The van der Waals surface area contributed by atoms with Crippen LogP contribution in [0.25, 0.3) is 0 Å². The van der Waals surface area contributed by atoms with Crippen molar-refractivity contribution in [2.45, 2.75) is 26.7 Å². The Balaban J connectivity index is 2.02. The van der Waals surface area contributed by atoms with Crippen LogP contribution in [0.4, 0.5) is 15.8 Å². The third kappa shape index (κ3) is 5.03. The molecule has 0 saturated carbocycles. The molecule has 0 heterocycles. The zero-order valence-corrected chi connectivity index (χ0v) is 14.9. The molecular weight excluding hydrogens is 343 g/mol. The van der Waals surface area contributed by atoms with Gasteiger partial charge in [0.25, 0.3) is 5.91 Å². The molecule has 2 amide bonds. The maximum atomic E-state index is 13.1. The summed E-state index contributed by atoms with van der Waals surface area (Å²) in [5.41, 5.74) is 1.46. The van der Waals surface area contributed by atoms with Gasteiger partial charge in [0.2, 0.25) is 5.91 Å². The van der Waals surface area contributed by atoms with Crippen LogP contribution in [0, 0.1) is 11.7 Å². The van der Waals surface area contributed by atoms with Gasteiger partial charge >= 0.3 is 0 Å². The van der Waals surface area contributed by atoms with Crippen LogP contribution in [-0.4, -0.2) is 11.8 Å². The van der Waals surface area contributed by atoms with Gasteiger partial charge in [-0.1, -0.05) is 25.4 Å². The highest BCUT2D eigenvalue weighted by molar-refractivity contribution is 6.31. The molecule has 4 nitrogen and oxygen atoms in total. The van der Waals surface area contributed by atoms with Gasteiger partial charge in [0, 0.05) is 22.9 Å². The van der Waals surface area contributed by atoms with Crippen molar-refractivity contribution in [2.75, 3.05) is 10.6 Å². The predicted molar refractivity (Wildman–Crippen MR) is 98.5 cm³/mol. The van der Waals surface area contributed by atoms with Gasteiger partial charge in [-0.25, -0.2) is 4.39 Å². The maximum absolute atomic E-state index is 13.1. The minimum absolute atomic E-state index is 0.0220. The van der Waals surface area contributed by atoms with Gasteiger partial charge in [-0.3, -0.25) is 9.59 Å². The van der Waals surface area contributed by atoms with Crippen molar-refractivity contribution in [3.8, 4) is 0 Å². The predicted octanol–water partition coefficient (Wildman–Crippen LogP) is 5.11. The lowest BCUT2D eigenvalue weighted by Gasteiger charge is -2.13. The van der Waals surface area contributed by atoms with E-state index < -0.39 is 5.82 Å². The molecule has 2 aromatic carbocycles. The molecule has 2 N–H and O–H groups in total. The molecule has 132 valence electrons. The van der Waals surface area contributed by atoms with E-state index in [1.807, 2.05) is 13.8 Å². The summed E-state index contributed by atoms with van der Waals surface area (Å²) in [5, 5.41) is 5.43. The Morgan fingerprint density at radius 3 is 2.16 bits per heavy atom. The van der Waals surface area contributed by atoms with Crippen molar-refractivity contribution in [3.63, 3.8) is 0 Å². The molecule has 0 aliphatic heterocycles. The summed E-state index contributed by atoms with van der Waals surface area (Å²) in [5.74, 6) is -0.938. The Kier molecular flexibility index (Phi) is 6.53. The van der Waals surface area contributed by atoms with Crippen molar-refractivity contribution >= 4 is 34.8 Å². The Morgan fingerprint density at radius 1 is 1.00 bits per heavy atom. The highest BCUT2D eigenvalue weighted by Gasteiger charge is 2.14. The molecule has 0 unspecified atom stereocenters. The fourth-order valence-electron chi connectivity index (χ4n) is 2.39. The van der Waals surface area contributed by atoms with Crippen LogP contribution in [0.1, 0.15) is 37.0 Å². The van der Waals surface area contributed by atoms with Gasteiger partial charge in [-0.15, -0.1) is 0 Å². The number of nitrogens with one attached hydrogen (secondary N) is 2. The monoisotopic (exact) mass is 362 g/mol. The summed E-state index contributed by atoms with van der Waals surface area (Å²) in [6, 6.07) is 10.5. The summed E-state index contributed by atoms with van der Waals surface area (Å²) in [6.45, 7) is 3.95. The number of benzene rings is 2. The largest absolute Gasteiger partial charge is 0.326 e. The highest BCUT2D eigenvalue weighted by atomic mass is 35.5. The van der Waals surface area contributed by atoms with E-state index in [0.717, 1.165) is 12.8 Å². The Hall–Kier alpha value is -2.40. The highest BCUT2D eigenvalue weighted by Crippen LogP contribution is 2.20. The topological polar surface area (TPSA) is 58.2 Å². The van der Waals surface area contributed by atoms with Gasteiger partial charge in [0.1, 0.15) is 5.82 Å². The molecule has 2 rings (SSSR count). The summed E-state index contributed by atoms with van der Waals surface area (Å²) in [7, 11) is 0. The van der Waals surface area contributed by atoms with Crippen LogP contribution in [0.5, 0.6) is 0 Å². The summed E-state index contributed by atoms with van der Waals surface area (Å²) in [6.07, 6.45) is 1.56. The molecule has 0 fully saturated rings. The van der Waals surface area contributed by atoms with Crippen LogP contribution in [0.2, 0.25) is 5.02 Å². The quantitative estimate of drug-likeness (QED) is 0.750. The first-order chi connectivity index (χ1) is 11.9. The summed E-state index contributed by atoms with van der Waals surface area (Å²) < 4.78 is 13.1. The SMILES string of the molecule is CCC(CC)C(=O)Nc1ccc(C(=O)Nc2ccc(F)c(Cl)c2)cc1. The molecule has 0 aliphatic rings. The lowest BCUT2D eigenvalue weighted by molar-refractivity contribution is -0.120. The van der Waals surface area contributed by atoms with Gasteiger partial charge in [-0.2, -0.15) is 0 Å². The number of anilines is 2. The van der Waals surface area contributed by atoms with Gasteiger partial charge < -0.3 is 10.6 Å². The molecule has 2 aromatic rings. The van der Waals surface area contributed by atoms with E-state index >= 15 is 0 Å². The van der Waals surface area contributed by atoms with E-state index in [1.165, 1.54) is 18.2 Å². The number of hydrogen-bond acceptors (Lipinski definition) is 2. The summed E-state index contributed by atoms with van der Waals surface area (Å²) >= 11 is 5.70. The van der Waals surface area contributed by atoms with Crippen molar-refractivity contribution in [3.05, 3.63) is 58.9 Å². The van der Waals surface area contributed by atoms with Crippen molar-refractivity contribution < 1.29 is 14.0 Å². The number of carbonyl (C=O) groups is 2. The van der Waals surface area contributed by atoms with Crippen molar-refractivity contribution in [1.29, 1.82) is 0 Å². The molecular formula is C19H20ClFN2O2. The van der Waals surface area contributed by atoms with E-state index in [4.69, 9.17) is 11.6 Å². The third-order valence-corrected chi connectivity index (χ3v) is 4.24. The van der Waals surface area contributed by atoms with Crippen LogP contribution in [0.15, 0.2) is 42.5 Å². The van der Waals surface area contributed by atoms with E-state index in [0.29, 0.717) is 16.9 Å². The third-order valence-electron chi connectivity index (χ3n) is 3.95. The first-order valence-electron chi connectivity index (χ1n) is 8.11. The molecule has 0 radical (unpaired) electrons. The standard InChI is InChI=1S/C19H20ClFN2O2/c1-3-12(4-2)18(24)22-14-7-5-13(6-8-14)19(25)23-15-9-10-17(21)16(20)11-15/h5-12H,3-4H2,1-2H3,(H,22,24)(H,23,25). The molecule has 0 spiro atoms. The number of rotatable bonds is 6. The summed E-state index contributed by atoms with van der Waals surface area (Å²) in [4.78, 5) is 24.3. The Labute approximate surface area is 151 Å². The average Bonchev–Trinajstić information content (AvgIpc) is 2.60. The fourth-order valence-corrected chi connectivity index (χ4v) is 2.57. The molecule has 25 heavy (non-hydrogen) atoms. The van der Waals surface area contributed by atoms with E-state index in [1.54, 1.807) is 24.3 Å². The first-order valence-corrected chi connectivity index (χ1v) is 8.49. The van der Waals surface area contributed by atoms with Crippen LogP contribution >= 0.6 is 11.6 Å². The normalized spacial score (nSPS) is 10.6. The maximum Gasteiger partial charge on any atom is 0.255 e. The number of halogens is 2. The lowest BCUT2D eigenvalue weighted by Crippen LogP contribution is -2.21. The van der Waals surface area contributed by atoms with Crippen LogP contribution < -0.4 is 10.6 Å². The number of carbonyl (C=O) groups excluding carboxylic acids is 2. The molecule has 0 atom stereocenters. The molecule has 6 heteroatoms. The van der Waals surface area contributed by atoms with Gasteiger partial charge in [-0.05, 0) is 55.3 Å². The van der Waals surface area contributed by atoms with Gasteiger partial charge in [0.15, 0.2) is 0 Å². The lowest BCUT2D eigenvalue weighted by atomic mass is 10.0. The molecule has 0 saturated heterocycles. The zero-order valence-electron chi connectivity index (χ0n) is 14.1.